The molecule has 0 aliphatic heterocycles. The van der Waals surface area contributed by atoms with Gasteiger partial charge in [-0.1, -0.05) is 19.3 Å². The van der Waals surface area contributed by atoms with Gasteiger partial charge < -0.3 is 20.4 Å². The Kier molecular flexibility index (Phi) is 6.01. The summed E-state index contributed by atoms with van der Waals surface area (Å²) in [6.07, 6.45) is 4.94. The van der Waals surface area contributed by atoms with Gasteiger partial charge in [-0.15, -0.1) is 0 Å². The lowest BCUT2D eigenvalue weighted by Crippen LogP contribution is -2.53. The zero-order chi connectivity index (χ0) is 16.1. The molecule has 122 valence electrons. The molecule has 0 heterocycles. The van der Waals surface area contributed by atoms with Crippen LogP contribution < -0.4 is 5.32 Å². The molecule has 6 heteroatoms. The number of nitrogens with zero attached hydrogens (tertiary/aromatic N) is 1. The van der Waals surface area contributed by atoms with Crippen LogP contribution in [0.25, 0.3) is 0 Å². The first-order valence-electron chi connectivity index (χ1n) is 7.57. The summed E-state index contributed by atoms with van der Waals surface area (Å²) in [4.78, 5) is 24.7. The van der Waals surface area contributed by atoms with Crippen molar-refractivity contribution in [3.05, 3.63) is 0 Å². The van der Waals surface area contributed by atoms with Gasteiger partial charge in [0.05, 0.1) is 18.6 Å². The van der Waals surface area contributed by atoms with Crippen molar-refractivity contribution in [1.82, 2.24) is 10.2 Å². The van der Waals surface area contributed by atoms with Crippen molar-refractivity contribution < 1.29 is 19.8 Å². The maximum atomic E-state index is 12.2. The van der Waals surface area contributed by atoms with E-state index in [1.807, 2.05) is 0 Å². The number of nitrogens with one attached hydrogen (secondary N) is 1. The number of rotatable bonds is 6. The fourth-order valence-electron chi connectivity index (χ4n) is 2.80. The van der Waals surface area contributed by atoms with Crippen molar-refractivity contribution in [2.45, 2.75) is 57.9 Å². The SMILES string of the molecule is CN(C(=O)NCC1(CC(=O)O)CCCCC1)C(C)(C)CO. The number of carbonyl (C=O) groups is 2. The molecule has 0 bridgehead atoms. The Labute approximate surface area is 126 Å². The number of hydrogen-bond acceptors (Lipinski definition) is 3. The first kappa shape index (κ1) is 17.8. The second-order valence-electron chi connectivity index (χ2n) is 6.82. The number of likely N-dealkylation sites (N-methyl/N-ethyl adjacent to an activating group) is 1. The Morgan fingerprint density at radius 3 is 2.29 bits per heavy atom. The molecule has 0 saturated heterocycles. The Bertz CT molecular complexity index is 376. The van der Waals surface area contributed by atoms with Gasteiger partial charge in [0.2, 0.25) is 0 Å². The minimum absolute atomic E-state index is 0.0976. The largest absolute Gasteiger partial charge is 0.481 e. The van der Waals surface area contributed by atoms with Gasteiger partial charge in [-0.3, -0.25) is 4.79 Å². The zero-order valence-electron chi connectivity index (χ0n) is 13.3. The van der Waals surface area contributed by atoms with E-state index in [1.165, 1.54) is 4.90 Å². The third-order valence-electron chi connectivity index (χ3n) is 4.65. The highest BCUT2D eigenvalue weighted by atomic mass is 16.4. The predicted octanol–water partition coefficient (Wildman–Crippen LogP) is 1.82. The van der Waals surface area contributed by atoms with Gasteiger partial charge in [-0.05, 0) is 32.1 Å². The van der Waals surface area contributed by atoms with Crippen molar-refractivity contribution >= 4 is 12.0 Å². The number of aliphatic hydroxyl groups is 1. The van der Waals surface area contributed by atoms with Crippen LogP contribution >= 0.6 is 0 Å². The molecule has 0 atom stereocenters. The third kappa shape index (κ3) is 4.88. The topological polar surface area (TPSA) is 89.9 Å². The highest BCUT2D eigenvalue weighted by molar-refractivity contribution is 5.75. The van der Waals surface area contributed by atoms with Gasteiger partial charge in [-0.2, -0.15) is 0 Å². The van der Waals surface area contributed by atoms with E-state index < -0.39 is 11.5 Å². The van der Waals surface area contributed by atoms with E-state index in [-0.39, 0.29) is 24.5 Å². The third-order valence-corrected chi connectivity index (χ3v) is 4.65. The lowest BCUT2D eigenvalue weighted by atomic mass is 9.72. The molecule has 1 fully saturated rings. The molecule has 0 aromatic heterocycles. The number of hydrogen-bond donors (Lipinski definition) is 3. The molecule has 1 aliphatic rings. The van der Waals surface area contributed by atoms with Crippen LogP contribution in [0, 0.1) is 5.41 Å². The monoisotopic (exact) mass is 300 g/mol. The maximum Gasteiger partial charge on any atom is 0.317 e. The van der Waals surface area contributed by atoms with E-state index in [1.54, 1.807) is 20.9 Å². The molecule has 1 saturated carbocycles. The van der Waals surface area contributed by atoms with Gasteiger partial charge in [0, 0.05) is 13.6 Å². The van der Waals surface area contributed by atoms with E-state index in [4.69, 9.17) is 5.11 Å². The smallest absolute Gasteiger partial charge is 0.317 e. The Balaban J connectivity index is 2.64. The van der Waals surface area contributed by atoms with E-state index in [0.717, 1.165) is 32.1 Å². The summed E-state index contributed by atoms with van der Waals surface area (Å²) in [5.41, 5.74) is -0.972. The number of amides is 2. The minimum Gasteiger partial charge on any atom is -0.481 e. The highest BCUT2D eigenvalue weighted by Crippen LogP contribution is 2.38. The average Bonchev–Trinajstić information content (AvgIpc) is 2.44. The Morgan fingerprint density at radius 1 is 1.24 bits per heavy atom. The van der Waals surface area contributed by atoms with Gasteiger partial charge in [-0.25, -0.2) is 4.79 Å². The fourth-order valence-corrected chi connectivity index (χ4v) is 2.80. The maximum absolute atomic E-state index is 12.2. The summed E-state index contributed by atoms with van der Waals surface area (Å²) in [5.74, 6) is -0.810. The first-order chi connectivity index (χ1) is 9.72. The van der Waals surface area contributed by atoms with Crippen molar-refractivity contribution in [2.24, 2.45) is 5.41 Å². The van der Waals surface area contributed by atoms with Crippen LogP contribution in [-0.4, -0.2) is 52.9 Å². The molecule has 21 heavy (non-hydrogen) atoms. The molecule has 0 aromatic rings. The van der Waals surface area contributed by atoms with Gasteiger partial charge >= 0.3 is 12.0 Å². The molecular weight excluding hydrogens is 272 g/mol. The van der Waals surface area contributed by atoms with Crippen LogP contribution in [0.1, 0.15) is 52.4 Å². The molecule has 0 radical (unpaired) electrons. The van der Waals surface area contributed by atoms with E-state index in [0.29, 0.717) is 6.54 Å². The Hall–Kier alpha value is -1.30. The Morgan fingerprint density at radius 2 is 1.81 bits per heavy atom. The van der Waals surface area contributed by atoms with Crippen molar-refractivity contribution in [1.29, 1.82) is 0 Å². The summed E-state index contributed by atoms with van der Waals surface area (Å²) in [6, 6.07) is -0.274. The number of carboxylic acid groups (broad SMARTS) is 1. The van der Waals surface area contributed by atoms with Gasteiger partial charge in [0.25, 0.3) is 0 Å². The lowest BCUT2D eigenvalue weighted by molar-refractivity contribution is -0.140. The molecule has 2 amide bonds. The lowest BCUT2D eigenvalue weighted by Gasteiger charge is -2.38. The summed E-state index contributed by atoms with van der Waals surface area (Å²) in [7, 11) is 1.64. The standard InChI is InChI=1S/C15H28N2O4/c1-14(2,11-18)17(3)13(21)16-10-15(9-12(19)20)7-5-4-6-8-15/h18H,4-11H2,1-3H3,(H,16,21)(H,19,20). The van der Waals surface area contributed by atoms with Crippen LogP contribution in [0.15, 0.2) is 0 Å². The molecule has 1 rings (SSSR count). The molecule has 0 unspecified atom stereocenters. The molecule has 1 aliphatic carbocycles. The van der Waals surface area contributed by atoms with Gasteiger partial charge in [0.1, 0.15) is 0 Å². The second-order valence-corrected chi connectivity index (χ2v) is 6.82. The van der Waals surface area contributed by atoms with Crippen LogP contribution in [0.2, 0.25) is 0 Å². The number of carboxylic acids is 1. The molecule has 3 N–H and O–H groups in total. The highest BCUT2D eigenvalue weighted by Gasteiger charge is 2.36. The van der Waals surface area contributed by atoms with Gasteiger partial charge in [0.15, 0.2) is 0 Å². The number of urea groups is 1. The van der Waals surface area contributed by atoms with Crippen LogP contribution in [0.3, 0.4) is 0 Å². The summed E-state index contributed by atoms with van der Waals surface area (Å²) in [5, 5.41) is 21.3. The molecule has 0 spiro atoms. The van der Waals surface area contributed by atoms with Crippen LogP contribution in [-0.2, 0) is 4.79 Å². The van der Waals surface area contributed by atoms with Crippen molar-refractivity contribution in [2.75, 3.05) is 20.2 Å². The molecule has 0 aromatic carbocycles. The minimum atomic E-state index is -0.810. The number of aliphatic hydroxyl groups excluding tert-OH is 1. The quantitative estimate of drug-likeness (QED) is 0.698. The second kappa shape index (κ2) is 7.11. The number of aliphatic carboxylic acids is 1. The number of carbonyl (C=O) groups excluding carboxylic acids is 1. The van der Waals surface area contributed by atoms with Crippen molar-refractivity contribution in [3.63, 3.8) is 0 Å². The normalized spacial score (nSPS) is 18.1. The zero-order valence-corrected chi connectivity index (χ0v) is 13.3. The fraction of sp³-hybridized carbons (Fsp3) is 0.867. The summed E-state index contributed by atoms with van der Waals surface area (Å²) >= 11 is 0. The average molecular weight is 300 g/mol. The summed E-state index contributed by atoms with van der Waals surface area (Å²) in [6.45, 7) is 3.81. The van der Waals surface area contributed by atoms with Crippen LogP contribution in [0.5, 0.6) is 0 Å². The van der Waals surface area contributed by atoms with Crippen LogP contribution in [0.4, 0.5) is 4.79 Å². The molecule has 6 nitrogen and oxygen atoms in total. The van der Waals surface area contributed by atoms with E-state index >= 15 is 0 Å². The van der Waals surface area contributed by atoms with E-state index in [9.17, 15) is 14.7 Å². The van der Waals surface area contributed by atoms with E-state index in [2.05, 4.69) is 5.32 Å². The summed E-state index contributed by atoms with van der Waals surface area (Å²) < 4.78 is 0. The van der Waals surface area contributed by atoms with Crippen molar-refractivity contribution in [3.8, 4) is 0 Å². The first-order valence-corrected chi connectivity index (χ1v) is 7.57. The predicted molar refractivity (Wildman–Crippen MR) is 80.1 cm³/mol. The molecular formula is C15H28N2O4.